The Labute approximate surface area is 401 Å². The zero-order valence-electron chi connectivity index (χ0n) is 43.2. The van der Waals surface area contributed by atoms with Gasteiger partial charge in [-0.25, -0.2) is 0 Å². The summed E-state index contributed by atoms with van der Waals surface area (Å²) in [7, 11) is 0. The highest BCUT2D eigenvalue weighted by Crippen LogP contribution is 2.26. The van der Waals surface area contributed by atoms with Crippen molar-refractivity contribution in [2.24, 2.45) is 11.3 Å². The van der Waals surface area contributed by atoms with Gasteiger partial charge in [0.15, 0.2) is 0 Å². The Morgan fingerprint density at radius 2 is 0.727 bits per heavy atom. The van der Waals surface area contributed by atoms with E-state index in [0.29, 0.717) is 64.2 Å². The Hall–Kier alpha value is -3.22. The van der Waals surface area contributed by atoms with Crippen LogP contribution in [0.15, 0.2) is 0 Å². The number of hydrogen-bond acceptors (Lipinski definition) is 13. The van der Waals surface area contributed by atoms with Crippen molar-refractivity contribution in [1.82, 2.24) is 4.90 Å². The zero-order valence-corrected chi connectivity index (χ0v) is 43.2. The number of ether oxygens (including phenoxy) is 6. The minimum absolute atomic E-state index is 0.133. The number of carbonyl (C=O) groups is 6. The van der Waals surface area contributed by atoms with Crippen LogP contribution in [0, 0.1) is 11.3 Å². The van der Waals surface area contributed by atoms with Gasteiger partial charge in [-0.3, -0.25) is 28.8 Å². The van der Waals surface area contributed by atoms with Crippen LogP contribution in [0.3, 0.4) is 0 Å². The van der Waals surface area contributed by atoms with Crippen molar-refractivity contribution in [2.75, 3.05) is 52.7 Å². The maximum atomic E-state index is 13.6. The monoisotopic (exact) mass is 940 g/mol. The van der Waals surface area contributed by atoms with Crippen molar-refractivity contribution in [3.8, 4) is 0 Å². The first-order chi connectivity index (χ1) is 31.8. The number of nitrogens with zero attached hydrogens (tertiary/aromatic N) is 1. The molecule has 66 heavy (non-hydrogen) atoms. The molecule has 0 amide bonds. The van der Waals surface area contributed by atoms with Gasteiger partial charge in [-0.2, -0.15) is 0 Å². The fraction of sp³-hybridized carbons (Fsp3) is 0.887. The largest absolute Gasteiger partial charge is 0.466 e. The maximum Gasteiger partial charge on any atom is 0.306 e. The molecular formula is C53H97NO12. The van der Waals surface area contributed by atoms with Crippen LogP contribution in [0.1, 0.15) is 235 Å². The molecule has 386 valence electrons. The highest BCUT2D eigenvalue weighted by Gasteiger charge is 2.38. The van der Waals surface area contributed by atoms with Crippen molar-refractivity contribution in [3.05, 3.63) is 0 Å². The van der Waals surface area contributed by atoms with Crippen LogP contribution in [0.25, 0.3) is 0 Å². The Kier molecular flexibility index (Phi) is 41.0. The normalized spacial score (nSPS) is 11.5. The molecule has 0 aromatic carbocycles. The fourth-order valence-electron chi connectivity index (χ4n) is 7.62. The van der Waals surface area contributed by atoms with E-state index >= 15 is 0 Å². The molecule has 0 heterocycles. The summed E-state index contributed by atoms with van der Waals surface area (Å²) in [5.74, 6) is -1.97. The minimum Gasteiger partial charge on any atom is -0.466 e. The lowest BCUT2D eigenvalue weighted by atomic mass is 9.91. The summed E-state index contributed by atoms with van der Waals surface area (Å²) >= 11 is 0. The Morgan fingerprint density at radius 1 is 0.394 bits per heavy atom. The van der Waals surface area contributed by atoms with Crippen molar-refractivity contribution in [2.45, 2.75) is 241 Å². The maximum absolute atomic E-state index is 13.6. The van der Waals surface area contributed by atoms with Crippen molar-refractivity contribution < 1.29 is 57.2 Å². The van der Waals surface area contributed by atoms with E-state index in [1.807, 2.05) is 0 Å². The molecule has 0 aromatic rings. The van der Waals surface area contributed by atoms with Gasteiger partial charge in [0.05, 0.1) is 13.2 Å². The Balaban J connectivity index is 5.89. The van der Waals surface area contributed by atoms with Crippen LogP contribution >= 0.6 is 0 Å². The number of hydrogen-bond donors (Lipinski definition) is 0. The van der Waals surface area contributed by atoms with E-state index in [1.54, 1.807) is 0 Å². The summed E-state index contributed by atoms with van der Waals surface area (Å²) in [5, 5.41) is 0. The van der Waals surface area contributed by atoms with Crippen LogP contribution in [-0.4, -0.2) is 99.5 Å². The van der Waals surface area contributed by atoms with Gasteiger partial charge in [0, 0.05) is 44.6 Å². The summed E-state index contributed by atoms with van der Waals surface area (Å²) in [6, 6.07) is 0.337. The van der Waals surface area contributed by atoms with Crippen LogP contribution < -0.4 is 0 Å². The third-order valence-corrected chi connectivity index (χ3v) is 12.1. The molecule has 0 saturated carbocycles. The highest BCUT2D eigenvalue weighted by atomic mass is 16.6. The molecule has 0 fully saturated rings. The average Bonchev–Trinajstić information content (AvgIpc) is 3.29. The van der Waals surface area contributed by atoms with Crippen molar-refractivity contribution in [1.29, 1.82) is 0 Å². The molecule has 0 radical (unpaired) electrons. The first-order valence-electron chi connectivity index (χ1n) is 26.5. The third-order valence-electron chi connectivity index (χ3n) is 12.1. The van der Waals surface area contributed by atoms with Gasteiger partial charge in [-0.15, -0.1) is 0 Å². The molecule has 0 spiro atoms. The summed E-state index contributed by atoms with van der Waals surface area (Å²) < 4.78 is 34.1. The van der Waals surface area contributed by atoms with Gasteiger partial charge in [0.2, 0.25) is 0 Å². The summed E-state index contributed by atoms with van der Waals surface area (Å²) in [6.07, 6.45) is 21.6. The van der Waals surface area contributed by atoms with Gasteiger partial charge in [-0.1, -0.05) is 125 Å². The molecule has 13 heteroatoms. The highest BCUT2D eigenvalue weighted by molar-refractivity contribution is 5.71. The molecule has 0 saturated heterocycles. The van der Waals surface area contributed by atoms with Gasteiger partial charge >= 0.3 is 35.8 Å². The predicted molar refractivity (Wildman–Crippen MR) is 261 cm³/mol. The standard InChI is InChI=1S/C53H97NO12/c1-8-13-21-30-46(31-22-14-9-2)40-52(60)66-44-53(43-65-51(59)36-29-37-54(12-5)45(6)7,41-63-49(57)34-25-19-17-23-32-47(55)61-38-27-15-10-3)42-64-50(58)35-26-20-18-24-33-48(56)62-39-28-16-11-4/h45-46H,8-44H2,1-7H3. The van der Waals surface area contributed by atoms with E-state index < -0.39 is 23.3 Å². The fourth-order valence-corrected chi connectivity index (χ4v) is 7.62. The van der Waals surface area contributed by atoms with E-state index in [-0.39, 0.29) is 75.9 Å². The first-order valence-corrected chi connectivity index (χ1v) is 26.5. The van der Waals surface area contributed by atoms with Crippen LogP contribution in [0.5, 0.6) is 0 Å². The molecule has 0 rings (SSSR count). The van der Waals surface area contributed by atoms with E-state index in [0.717, 1.165) is 129 Å². The first kappa shape index (κ1) is 62.8. The molecule has 0 bridgehead atoms. The lowest BCUT2D eigenvalue weighted by Gasteiger charge is -2.32. The Morgan fingerprint density at radius 3 is 1.08 bits per heavy atom. The third kappa shape index (κ3) is 36.8. The summed E-state index contributed by atoms with van der Waals surface area (Å²) in [4.78, 5) is 79.5. The second-order valence-corrected chi connectivity index (χ2v) is 18.7. The molecule has 13 nitrogen and oxygen atoms in total. The second-order valence-electron chi connectivity index (χ2n) is 18.7. The van der Waals surface area contributed by atoms with Gasteiger partial charge in [-0.05, 0) is 90.6 Å². The average molecular weight is 940 g/mol. The molecular weight excluding hydrogens is 843 g/mol. The van der Waals surface area contributed by atoms with Crippen molar-refractivity contribution >= 4 is 35.8 Å². The van der Waals surface area contributed by atoms with Crippen LogP contribution in [-0.2, 0) is 57.2 Å². The molecule has 0 aliphatic rings. The van der Waals surface area contributed by atoms with E-state index in [1.165, 1.54) is 0 Å². The minimum atomic E-state index is -1.33. The summed E-state index contributed by atoms with van der Waals surface area (Å²) in [6.45, 7) is 16.2. The molecule has 0 aliphatic heterocycles. The SMILES string of the molecule is CCCCCOC(=O)CCCCCCC(=O)OCC(COC(=O)CCCCCCC(=O)OCCCCC)(COC(=O)CCCN(CC)C(C)C)COC(=O)CC(CCCCC)CCCCC. The number of rotatable bonds is 46. The smallest absolute Gasteiger partial charge is 0.306 e. The number of esters is 6. The van der Waals surface area contributed by atoms with E-state index in [4.69, 9.17) is 28.4 Å². The second kappa shape index (κ2) is 43.1. The molecule has 0 unspecified atom stereocenters. The quantitative estimate of drug-likeness (QED) is 0.0322. The van der Waals surface area contributed by atoms with Gasteiger partial charge in [0.25, 0.3) is 0 Å². The predicted octanol–water partition coefficient (Wildman–Crippen LogP) is 12.0. The number of unbranched alkanes of at least 4 members (excludes halogenated alkanes) is 14. The van der Waals surface area contributed by atoms with Crippen molar-refractivity contribution in [3.63, 3.8) is 0 Å². The van der Waals surface area contributed by atoms with Crippen LogP contribution in [0.2, 0.25) is 0 Å². The summed E-state index contributed by atoms with van der Waals surface area (Å²) in [5.41, 5.74) is -1.33. The van der Waals surface area contributed by atoms with E-state index in [2.05, 4.69) is 53.4 Å². The van der Waals surface area contributed by atoms with Crippen LogP contribution in [0.4, 0.5) is 0 Å². The molecule has 0 aromatic heterocycles. The van der Waals surface area contributed by atoms with Gasteiger partial charge < -0.3 is 33.3 Å². The molecule has 0 aliphatic carbocycles. The lowest BCUT2D eigenvalue weighted by molar-refractivity contribution is -0.171. The van der Waals surface area contributed by atoms with Gasteiger partial charge in [0.1, 0.15) is 31.8 Å². The lowest BCUT2D eigenvalue weighted by Crippen LogP contribution is -2.44. The topological polar surface area (TPSA) is 161 Å². The van der Waals surface area contributed by atoms with E-state index in [9.17, 15) is 28.8 Å². The number of carbonyl (C=O) groups excluding carboxylic acids is 6. The molecule has 0 N–H and O–H groups in total. The Bertz CT molecular complexity index is 1190. The molecule has 0 atom stereocenters. The zero-order chi connectivity index (χ0) is 49.1.